The lowest BCUT2D eigenvalue weighted by molar-refractivity contribution is -0.134. The molecule has 1 aromatic carbocycles. The summed E-state index contributed by atoms with van der Waals surface area (Å²) in [5.74, 6) is 0.511. The summed E-state index contributed by atoms with van der Waals surface area (Å²) in [6.45, 7) is 0.809. The first kappa shape index (κ1) is 20.1. The summed E-state index contributed by atoms with van der Waals surface area (Å²) >= 11 is 0. The van der Waals surface area contributed by atoms with E-state index in [4.69, 9.17) is 10.5 Å². The Morgan fingerprint density at radius 1 is 0.857 bits per heavy atom. The third-order valence-electron chi connectivity index (χ3n) is 3.31. The first-order chi connectivity index (χ1) is 9.83. The van der Waals surface area contributed by atoms with Crippen molar-refractivity contribution in [3.63, 3.8) is 0 Å². The third kappa shape index (κ3) is 11.5. The van der Waals surface area contributed by atoms with Crippen LogP contribution in [0.15, 0.2) is 30.3 Å². The van der Waals surface area contributed by atoms with Gasteiger partial charge in [-0.25, -0.2) is 0 Å². The molecule has 0 aliphatic rings. The predicted molar refractivity (Wildman–Crippen MR) is 93.0 cm³/mol. The Labute approximate surface area is 139 Å². The first-order valence-corrected chi connectivity index (χ1v) is 7.78. The molecule has 0 aromatic heterocycles. The number of carbonyl (C=O) groups is 1. The molecule has 0 saturated heterocycles. The molecule has 0 saturated carbocycles. The van der Waals surface area contributed by atoms with Crippen molar-refractivity contribution in [3.8, 4) is 5.75 Å². The second kappa shape index (κ2) is 14.1. The van der Waals surface area contributed by atoms with Crippen LogP contribution in [0.3, 0.4) is 0 Å². The van der Waals surface area contributed by atoms with Gasteiger partial charge in [0, 0.05) is 6.42 Å². The fourth-order valence-corrected chi connectivity index (χ4v) is 2.15. The highest BCUT2D eigenvalue weighted by molar-refractivity contribution is 8.93. The molecule has 0 bridgehead atoms. The van der Waals surface area contributed by atoms with Crippen molar-refractivity contribution in [2.75, 3.05) is 6.54 Å². The summed E-state index contributed by atoms with van der Waals surface area (Å²) in [5, 5.41) is 0. The summed E-state index contributed by atoms with van der Waals surface area (Å²) < 4.78 is 5.24. The van der Waals surface area contributed by atoms with Gasteiger partial charge in [-0.05, 0) is 31.5 Å². The minimum Gasteiger partial charge on any atom is -0.427 e. The molecule has 0 unspecified atom stereocenters. The van der Waals surface area contributed by atoms with Crippen LogP contribution in [0.2, 0.25) is 0 Å². The van der Waals surface area contributed by atoms with E-state index in [1.54, 1.807) is 12.1 Å². The summed E-state index contributed by atoms with van der Waals surface area (Å²) in [4.78, 5) is 11.6. The van der Waals surface area contributed by atoms with Gasteiger partial charge in [0.2, 0.25) is 0 Å². The van der Waals surface area contributed by atoms with Crippen molar-refractivity contribution >= 4 is 23.0 Å². The normalized spacial score (nSPS) is 9.95. The standard InChI is InChI=1S/C17H27NO2.BrH/c18-15-11-6-4-2-1-3-5-10-14-17(19)20-16-12-8-7-9-13-16;/h7-9,12-13H,1-6,10-11,14-15,18H2;1H. The molecule has 0 spiro atoms. The van der Waals surface area contributed by atoms with Gasteiger partial charge in [-0.3, -0.25) is 4.79 Å². The van der Waals surface area contributed by atoms with E-state index in [-0.39, 0.29) is 23.0 Å². The van der Waals surface area contributed by atoms with Crippen molar-refractivity contribution in [3.05, 3.63) is 30.3 Å². The predicted octanol–water partition coefficient (Wildman–Crippen LogP) is 4.64. The Bertz CT molecular complexity index is 357. The molecular formula is C17H28BrNO2. The van der Waals surface area contributed by atoms with Gasteiger partial charge < -0.3 is 10.5 Å². The maximum Gasteiger partial charge on any atom is 0.311 e. The zero-order valence-electron chi connectivity index (χ0n) is 12.8. The van der Waals surface area contributed by atoms with E-state index in [9.17, 15) is 4.79 Å². The Balaban J connectivity index is 0.00000400. The molecule has 0 amide bonds. The van der Waals surface area contributed by atoms with E-state index in [2.05, 4.69) is 0 Å². The van der Waals surface area contributed by atoms with Gasteiger partial charge in [0.25, 0.3) is 0 Å². The van der Waals surface area contributed by atoms with Crippen molar-refractivity contribution in [2.24, 2.45) is 5.73 Å². The summed E-state index contributed by atoms with van der Waals surface area (Å²) in [5.41, 5.74) is 5.45. The second-order valence-electron chi connectivity index (χ2n) is 5.15. The SMILES string of the molecule is Br.NCCCCCCCCCCC(=O)Oc1ccccc1. The number of nitrogens with two attached hydrogens (primary N) is 1. The lowest BCUT2D eigenvalue weighted by Crippen LogP contribution is -2.07. The highest BCUT2D eigenvalue weighted by atomic mass is 79.9. The van der Waals surface area contributed by atoms with Crippen LogP contribution in [0.25, 0.3) is 0 Å². The Morgan fingerprint density at radius 3 is 1.95 bits per heavy atom. The maximum absolute atomic E-state index is 11.6. The minimum absolute atomic E-state index is 0. The Hall–Kier alpha value is -0.870. The number of unbranched alkanes of at least 4 members (excludes halogenated alkanes) is 7. The molecule has 21 heavy (non-hydrogen) atoms. The van der Waals surface area contributed by atoms with Crippen LogP contribution in [0.1, 0.15) is 57.8 Å². The van der Waals surface area contributed by atoms with Crippen molar-refractivity contribution in [1.82, 2.24) is 0 Å². The number of esters is 1. The molecule has 0 fully saturated rings. The second-order valence-corrected chi connectivity index (χ2v) is 5.15. The van der Waals surface area contributed by atoms with Gasteiger partial charge in [0.1, 0.15) is 5.75 Å². The average Bonchev–Trinajstić information content (AvgIpc) is 2.46. The molecular weight excluding hydrogens is 330 g/mol. The molecule has 2 N–H and O–H groups in total. The molecule has 0 atom stereocenters. The van der Waals surface area contributed by atoms with Crippen molar-refractivity contribution in [1.29, 1.82) is 0 Å². The van der Waals surface area contributed by atoms with Gasteiger partial charge in [-0.1, -0.05) is 56.7 Å². The topological polar surface area (TPSA) is 52.3 Å². The van der Waals surface area contributed by atoms with Gasteiger partial charge in [-0.15, -0.1) is 17.0 Å². The summed E-state index contributed by atoms with van der Waals surface area (Å²) in [6, 6.07) is 9.25. The van der Waals surface area contributed by atoms with Gasteiger partial charge >= 0.3 is 5.97 Å². The fourth-order valence-electron chi connectivity index (χ4n) is 2.15. The quantitative estimate of drug-likeness (QED) is 0.356. The molecule has 4 heteroatoms. The molecule has 1 rings (SSSR count). The number of rotatable bonds is 11. The van der Waals surface area contributed by atoms with E-state index >= 15 is 0 Å². The lowest BCUT2D eigenvalue weighted by Gasteiger charge is -2.04. The monoisotopic (exact) mass is 357 g/mol. The van der Waals surface area contributed by atoms with E-state index in [1.807, 2.05) is 18.2 Å². The van der Waals surface area contributed by atoms with E-state index in [0.29, 0.717) is 12.2 Å². The first-order valence-electron chi connectivity index (χ1n) is 7.78. The van der Waals surface area contributed by atoms with E-state index < -0.39 is 0 Å². The van der Waals surface area contributed by atoms with Crippen LogP contribution < -0.4 is 10.5 Å². The molecule has 0 radical (unpaired) electrons. The minimum atomic E-state index is -0.126. The van der Waals surface area contributed by atoms with E-state index in [0.717, 1.165) is 25.8 Å². The number of para-hydroxylation sites is 1. The molecule has 1 aromatic rings. The highest BCUT2D eigenvalue weighted by Gasteiger charge is 2.03. The molecule has 0 aliphatic carbocycles. The number of carbonyl (C=O) groups excluding carboxylic acids is 1. The Morgan fingerprint density at radius 2 is 1.38 bits per heavy atom. The van der Waals surface area contributed by atoms with E-state index in [1.165, 1.54) is 32.1 Å². The van der Waals surface area contributed by atoms with Crippen molar-refractivity contribution in [2.45, 2.75) is 57.8 Å². The lowest BCUT2D eigenvalue weighted by atomic mass is 10.1. The van der Waals surface area contributed by atoms with Crippen LogP contribution in [-0.2, 0) is 4.79 Å². The zero-order valence-corrected chi connectivity index (χ0v) is 14.5. The number of benzene rings is 1. The maximum atomic E-state index is 11.6. The van der Waals surface area contributed by atoms with Crippen LogP contribution >= 0.6 is 17.0 Å². The number of halogens is 1. The summed E-state index contributed by atoms with van der Waals surface area (Å²) in [7, 11) is 0. The zero-order chi connectivity index (χ0) is 14.5. The van der Waals surface area contributed by atoms with Crippen LogP contribution in [0.4, 0.5) is 0 Å². The van der Waals surface area contributed by atoms with Gasteiger partial charge in [0.05, 0.1) is 0 Å². The molecule has 0 heterocycles. The highest BCUT2D eigenvalue weighted by Crippen LogP contribution is 2.12. The number of hydrogen-bond donors (Lipinski definition) is 1. The molecule has 3 nitrogen and oxygen atoms in total. The van der Waals surface area contributed by atoms with Gasteiger partial charge in [-0.2, -0.15) is 0 Å². The largest absolute Gasteiger partial charge is 0.427 e. The molecule has 120 valence electrons. The van der Waals surface area contributed by atoms with Crippen LogP contribution in [0.5, 0.6) is 5.75 Å². The number of hydrogen-bond acceptors (Lipinski definition) is 3. The molecule has 0 aliphatic heterocycles. The number of ether oxygens (including phenoxy) is 1. The van der Waals surface area contributed by atoms with Crippen LogP contribution in [-0.4, -0.2) is 12.5 Å². The van der Waals surface area contributed by atoms with Crippen LogP contribution in [0, 0.1) is 0 Å². The smallest absolute Gasteiger partial charge is 0.311 e. The third-order valence-corrected chi connectivity index (χ3v) is 3.31. The average molecular weight is 358 g/mol. The Kier molecular flexibility index (Phi) is 13.5. The van der Waals surface area contributed by atoms with Crippen molar-refractivity contribution < 1.29 is 9.53 Å². The summed E-state index contributed by atoms with van der Waals surface area (Å²) in [6.07, 6.45) is 9.99. The fraction of sp³-hybridized carbons (Fsp3) is 0.588. The van der Waals surface area contributed by atoms with Gasteiger partial charge in [0.15, 0.2) is 0 Å².